The molecule has 0 aliphatic heterocycles. The molecule has 2 nitrogen and oxygen atoms in total. The van der Waals surface area contributed by atoms with Crippen molar-refractivity contribution in [2.24, 2.45) is 11.3 Å². The van der Waals surface area contributed by atoms with Gasteiger partial charge in [0.25, 0.3) is 0 Å². The highest BCUT2D eigenvalue weighted by Crippen LogP contribution is 2.57. The van der Waals surface area contributed by atoms with E-state index in [1.807, 2.05) is 0 Å². The summed E-state index contributed by atoms with van der Waals surface area (Å²) in [7, 11) is 0. The molecular formula is C20H28O2. The number of Topliss-reactive ketones (excluding diaryl/α,β-unsaturated/α-hetero) is 1. The maximum absolute atomic E-state index is 12.9. The third kappa shape index (κ3) is 2.00. The zero-order valence-electron chi connectivity index (χ0n) is 14.3. The van der Waals surface area contributed by atoms with E-state index in [9.17, 15) is 9.90 Å². The largest absolute Gasteiger partial charge is 0.395 e. The minimum Gasteiger partial charge on any atom is -0.395 e. The lowest BCUT2D eigenvalue weighted by Crippen LogP contribution is -2.53. The Hall–Kier alpha value is -1.15. The molecule has 0 bridgehead atoms. The number of aliphatic hydroxyl groups is 1. The first-order chi connectivity index (χ1) is 10.4. The van der Waals surface area contributed by atoms with Crippen LogP contribution in [0.4, 0.5) is 0 Å². The SMILES string of the molecule is CCc1c(C)ccc2c1C(=O)CC1C(C)(C)CCCC21CO. The third-order valence-electron chi connectivity index (χ3n) is 6.44. The average Bonchev–Trinajstić information content (AvgIpc) is 2.48. The first-order valence-corrected chi connectivity index (χ1v) is 8.64. The van der Waals surface area contributed by atoms with Gasteiger partial charge in [0.15, 0.2) is 5.78 Å². The van der Waals surface area contributed by atoms with Gasteiger partial charge in [0.1, 0.15) is 0 Å². The van der Waals surface area contributed by atoms with E-state index >= 15 is 0 Å². The summed E-state index contributed by atoms with van der Waals surface area (Å²) >= 11 is 0. The van der Waals surface area contributed by atoms with Gasteiger partial charge in [-0.2, -0.15) is 0 Å². The number of rotatable bonds is 2. The first kappa shape index (κ1) is 15.7. The number of aryl methyl sites for hydroxylation is 1. The summed E-state index contributed by atoms with van der Waals surface area (Å²) < 4.78 is 0. The molecule has 120 valence electrons. The number of ketones is 1. The number of fused-ring (bicyclic) bond motifs is 3. The van der Waals surface area contributed by atoms with Gasteiger partial charge < -0.3 is 5.11 Å². The lowest BCUT2D eigenvalue weighted by molar-refractivity contribution is -0.00199. The van der Waals surface area contributed by atoms with Crippen LogP contribution in [0.1, 0.15) is 73.5 Å². The van der Waals surface area contributed by atoms with E-state index in [1.54, 1.807) is 0 Å². The maximum atomic E-state index is 12.9. The normalized spacial score (nSPS) is 29.9. The Morgan fingerprint density at radius 2 is 2.00 bits per heavy atom. The molecule has 2 atom stereocenters. The second-order valence-electron chi connectivity index (χ2n) is 7.97. The topological polar surface area (TPSA) is 37.3 Å². The van der Waals surface area contributed by atoms with Crippen molar-refractivity contribution in [3.8, 4) is 0 Å². The molecule has 1 saturated carbocycles. The summed E-state index contributed by atoms with van der Waals surface area (Å²) in [6.45, 7) is 8.92. The Balaban J connectivity index is 2.27. The third-order valence-corrected chi connectivity index (χ3v) is 6.44. The molecule has 2 aliphatic carbocycles. The molecule has 2 heteroatoms. The fraction of sp³-hybridized carbons (Fsp3) is 0.650. The van der Waals surface area contributed by atoms with Crippen LogP contribution in [0.25, 0.3) is 0 Å². The Morgan fingerprint density at radius 1 is 1.27 bits per heavy atom. The van der Waals surface area contributed by atoms with E-state index in [0.717, 1.165) is 36.8 Å². The Morgan fingerprint density at radius 3 is 2.64 bits per heavy atom. The van der Waals surface area contributed by atoms with Crippen LogP contribution < -0.4 is 0 Å². The van der Waals surface area contributed by atoms with Crippen molar-refractivity contribution in [1.29, 1.82) is 0 Å². The van der Waals surface area contributed by atoms with E-state index in [-0.39, 0.29) is 23.4 Å². The predicted octanol–water partition coefficient (Wildman–Crippen LogP) is 4.20. The van der Waals surface area contributed by atoms with E-state index in [4.69, 9.17) is 0 Å². The number of carbonyl (C=O) groups is 1. The smallest absolute Gasteiger partial charge is 0.163 e. The highest BCUT2D eigenvalue weighted by atomic mass is 16.3. The number of carbonyl (C=O) groups excluding carboxylic acids is 1. The van der Waals surface area contributed by atoms with Gasteiger partial charge in [-0.05, 0) is 54.2 Å². The molecule has 1 aromatic carbocycles. The minimum atomic E-state index is -0.220. The monoisotopic (exact) mass is 300 g/mol. The quantitative estimate of drug-likeness (QED) is 0.888. The second kappa shape index (κ2) is 5.19. The summed E-state index contributed by atoms with van der Waals surface area (Å²) in [4.78, 5) is 12.9. The van der Waals surface area contributed by atoms with Crippen LogP contribution in [0.15, 0.2) is 12.1 Å². The molecule has 22 heavy (non-hydrogen) atoms. The average molecular weight is 300 g/mol. The predicted molar refractivity (Wildman–Crippen MR) is 89.4 cm³/mol. The molecule has 0 aromatic heterocycles. The summed E-state index contributed by atoms with van der Waals surface area (Å²) in [6, 6.07) is 4.28. The van der Waals surface area contributed by atoms with Crippen molar-refractivity contribution < 1.29 is 9.90 Å². The molecule has 1 N–H and O–H groups in total. The number of hydrogen-bond donors (Lipinski definition) is 1. The van der Waals surface area contributed by atoms with Gasteiger partial charge in [-0.15, -0.1) is 0 Å². The molecule has 3 rings (SSSR count). The first-order valence-electron chi connectivity index (χ1n) is 8.64. The van der Waals surface area contributed by atoms with Gasteiger partial charge in [-0.3, -0.25) is 4.79 Å². The maximum Gasteiger partial charge on any atom is 0.163 e. The molecule has 0 radical (unpaired) electrons. The summed E-state index contributed by atoms with van der Waals surface area (Å²) in [6.07, 6.45) is 4.76. The molecule has 0 amide bonds. The van der Waals surface area contributed by atoms with Crippen LogP contribution >= 0.6 is 0 Å². The molecule has 2 aliphatic rings. The van der Waals surface area contributed by atoms with Crippen molar-refractivity contribution >= 4 is 5.78 Å². The highest BCUT2D eigenvalue weighted by molar-refractivity contribution is 6.01. The standard InChI is InChI=1S/C20H28O2/c1-5-14-13(2)7-8-15-18(14)16(22)11-17-19(3,4)9-6-10-20(15,17)12-21/h7-8,17,21H,5-6,9-12H2,1-4H3. The summed E-state index contributed by atoms with van der Waals surface area (Å²) in [5.74, 6) is 0.547. The van der Waals surface area contributed by atoms with Gasteiger partial charge in [-0.25, -0.2) is 0 Å². The Kier molecular flexibility index (Phi) is 3.71. The Labute approximate surface area is 133 Å². The zero-order valence-corrected chi connectivity index (χ0v) is 14.3. The summed E-state index contributed by atoms with van der Waals surface area (Å²) in [5, 5.41) is 10.4. The van der Waals surface area contributed by atoms with Crippen LogP contribution in [0.2, 0.25) is 0 Å². The summed E-state index contributed by atoms with van der Waals surface area (Å²) in [5.41, 5.74) is 4.36. The van der Waals surface area contributed by atoms with Crippen LogP contribution in [-0.4, -0.2) is 17.5 Å². The molecule has 1 aromatic rings. The van der Waals surface area contributed by atoms with Crippen LogP contribution in [0.3, 0.4) is 0 Å². The molecule has 0 spiro atoms. The number of aliphatic hydroxyl groups excluding tert-OH is 1. The molecular weight excluding hydrogens is 272 g/mol. The zero-order chi connectivity index (χ0) is 16.1. The van der Waals surface area contributed by atoms with Gasteiger partial charge in [0, 0.05) is 17.4 Å². The van der Waals surface area contributed by atoms with Crippen molar-refractivity contribution in [2.75, 3.05) is 6.61 Å². The van der Waals surface area contributed by atoms with Crippen molar-refractivity contribution in [3.63, 3.8) is 0 Å². The van der Waals surface area contributed by atoms with E-state index in [1.165, 1.54) is 11.1 Å². The van der Waals surface area contributed by atoms with Crippen molar-refractivity contribution in [3.05, 3.63) is 34.4 Å². The van der Waals surface area contributed by atoms with Gasteiger partial charge in [0.2, 0.25) is 0 Å². The van der Waals surface area contributed by atoms with E-state index in [2.05, 4.69) is 39.8 Å². The molecule has 0 heterocycles. The lowest BCUT2D eigenvalue weighted by atomic mass is 9.49. The highest BCUT2D eigenvalue weighted by Gasteiger charge is 2.54. The molecule has 2 unspecified atom stereocenters. The van der Waals surface area contributed by atoms with Crippen LogP contribution in [0, 0.1) is 18.3 Å². The number of benzene rings is 1. The van der Waals surface area contributed by atoms with Crippen LogP contribution in [0.5, 0.6) is 0 Å². The van der Waals surface area contributed by atoms with Crippen LogP contribution in [-0.2, 0) is 11.8 Å². The lowest BCUT2D eigenvalue weighted by Gasteiger charge is -2.55. The van der Waals surface area contributed by atoms with Gasteiger partial charge >= 0.3 is 0 Å². The molecule has 1 fully saturated rings. The van der Waals surface area contributed by atoms with E-state index in [0.29, 0.717) is 12.2 Å². The van der Waals surface area contributed by atoms with Crippen molar-refractivity contribution in [2.45, 2.75) is 65.2 Å². The van der Waals surface area contributed by atoms with Gasteiger partial charge in [0.05, 0.1) is 6.61 Å². The molecule has 0 saturated heterocycles. The number of hydrogen-bond acceptors (Lipinski definition) is 2. The Bertz CT molecular complexity index is 614. The fourth-order valence-corrected chi connectivity index (χ4v) is 5.25. The van der Waals surface area contributed by atoms with Gasteiger partial charge in [-0.1, -0.05) is 39.3 Å². The fourth-order valence-electron chi connectivity index (χ4n) is 5.25. The minimum absolute atomic E-state index is 0.117. The second-order valence-corrected chi connectivity index (χ2v) is 7.97. The van der Waals surface area contributed by atoms with E-state index < -0.39 is 0 Å². The van der Waals surface area contributed by atoms with Crippen molar-refractivity contribution in [1.82, 2.24) is 0 Å².